The van der Waals surface area contributed by atoms with Gasteiger partial charge in [-0.05, 0) is 24.8 Å². The smallest absolute Gasteiger partial charge is 0.225 e. The predicted molar refractivity (Wildman–Crippen MR) is 88.6 cm³/mol. The minimum absolute atomic E-state index is 0.0199. The number of hydrogen-bond donors (Lipinski definition) is 3. The Bertz CT molecular complexity index is 490. The van der Waals surface area contributed by atoms with E-state index in [1.807, 2.05) is 38.3 Å². The third-order valence-corrected chi connectivity index (χ3v) is 4.35. The number of rotatable bonds is 7. The van der Waals surface area contributed by atoms with Gasteiger partial charge in [-0.2, -0.15) is 0 Å². The van der Waals surface area contributed by atoms with E-state index in [-0.39, 0.29) is 18.4 Å². The van der Waals surface area contributed by atoms with E-state index in [0.717, 1.165) is 4.88 Å². The van der Waals surface area contributed by atoms with Gasteiger partial charge in [0.05, 0.1) is 6.54 Å². The normalized spacial score (nSPS) is 14.2. The van der Waals surface area contributed by atoms with Crippen LogP contribution in [0.4, 0.5) is 0 Å². The maximum absolute atomic E-state index is 11.8. The summed E-state index contributed by atoms with van der Waals surface area (Å²) < 4.78 is 0. The second kappa shape index (κ2) is 7.74. The zero-order chi connectivity index (χ0) is 16.8. The van der Waals surface area contributed by atoms with Gasteiger partial charge in [0, 0.05) is 23.3 Å². The topological polar surface area (TPSA) is 78.4 Å². The maximum atomic E-state index is 11.8. The van der Waals surface area contributed by atoms with E-state index in [4.69, 9.17) is 0 Å². The van der Waals surface area contributed by atoms with Crippen molar-refractivity contribution < 1.29 is 14.7 Å². The predicted octanol–water partition coefficient (Wildman–Crippen LogP) is 2.01. The number of nitrogens with one attached hydrogen (secondary N) is 2. The van der Waals surface area contributed by atoms with Crippen LogP contribution in [0.3, 0.4) is 0 Å². The van der Waals surface area contributed by atoms with Crippen molar-refractivity contribution in [2.75, 3.05) is 13.1 Å². The molecular formula is C16H26N2O3S. The van der Waals surface area contributed by atoms with Crippen molar-refractivity contribution in [2.24, 2.45) is 5.41 Å². The van der Waals surface area contributed by atoms with Crippen LogP contribution in [0.2, 0.25) is 0 Å². The summed E-state index contributed by atoms with van der Waals surface area (Å²) in [4.78, 5) is 24.2. The van der Waals surface area contributed by atoms with Gasteiger partial charge in [-0.25, -0.2) is 0 Å². The zero-order valence-corrected chi connectivity index (χ0v) is 14.5. The van der Waals surface area contributed by atoms with E-state index >= 15 is 0 Å². The van der Waals surface area contributed by atoms with Gasteiger partial charge >= 0.3 is 0 Å². The molecule has 5 nitrogen and oxygen atoms in total. The van der Waals surface area contributed by atoms with Crippen molar-refractivity contribution in [3.63, 3.8) is 0 Å². The minimum Gasteiger partial charge on any atom is -0.383 e. The summed E-state index contributed by atoms with van der Waals surface area (Å²) in [6.45, 7) is 7.89. The Morgan fingerprint density at radius 1 is 1.23 bits per heavy atom. The van der Waals surface area contributed by atoms with Crippen molar-refractivity contribution in [1.82, 2.24) is 10.6 Å². The van der Waals surface area contributed by atoms with Crippen LogP contribution in [0.1, 0.15) is 45.4 Å². The third-order valence-electron chi connectivity index (χ3n) is 3.23. The fourth-order valence-electron chi connectivity index (χ4n) is 1.75. The molecule has 0 spiro atoms. The highest BCUT2D eigenvalue weighted by atomic mass is 32.1. The average Bonchev–Trinajstić information content (AvgIpc) is 2.95. The third kappa shape index (κ3) is 6.15. The summed E-state index contributed by atoms with van der Waals surface area (Å²) >= 11 is 1.46. The van der Waals surface area contributed by atoms with Crippen molar-refractivity contribution in [3.05, 3.63) is 22.4 Å². The van der Waals surface area contributed by atoms with Crippen LogP contribution in [0, 0.1) is 5.41 Å². The van der Waals surface area contributed by atoms with Crippen LogP contribution in [0.25, 0.3) is 0 Å². The van der Waals surface area contributed by atoms with Crippen LogP contribution in [-0.4, -0.2) is 30.0 Å². The van der Waals surface area contributed by atoms with Crippen molar-refractivity contribution in [3.8, 4) is 0 Å². The molecule has 1 unspecified atom stereocenters. The van der Waals surface area contributed by atoms with Gasteiger partial charge in [0.15, 0.2) is 0 Å². The summed E-state index contributed by atoms with van der Waals surface area (Å²) in [5.74, 6) is -0.143. The number of amides is 2. The van der Waals surface area contributed by atoms with Crippen molar-refractivity contribution in [1.29, 1.82) is 0 Å². The highest BCUT2D eigenvalue weighted by molar-refractivity contribution is 7.10. The van der Waals surface area contributed by atoms with Gasteiger partial charge < -0.3 is 15.7 Å². The van der Waals surface area contributed by atoms with E-state index in [2.05, 4.69) is 10.6 Å². The first kappa shape index (κ1) is 18.6. The number of carbonyl (C=O) groups excluding carboxylic acids is 2. The van der Waals surface area contributed by atoms with Gasteiger partial charge in [-0.1, -0.05) is 26.8 Å². The molecule has 2 amide bonds. The Hall–Kier alpha value is -1.40. The second-order valence-electron chi connectivity index (χ2n) is 6.64. The largest absolute Gasteiger partial charge is 0.383 e. The molecular weight excluding hydrogens is 300 g/mol. The summed E-state index contributed by atoms with van der Waals surface area (Å²) in [7, 11) is 0. The van der Waals surface area contributed by atoms with Gasteiger partial charge in [-0.15, -0.1) is 11.3 Å². The summed E-state index contributed by atoms with van der Waals surface area (Å²) in [5.41, 5.74) is -1.47. The molecule has 0 aliphatic heterocycles. The molecule has 1 heterocycles. The highest BCUT2D eigenvalue weighted by Gasteiger charge is 2.24. The molecule has 0 saturated carbocycles. The van der Waals surface area contributed by atoms with Crippen LogP contribution in [0.15, 0.2) is 17.5 Å². The van der Waals surface area contributed by atoms with Crippen molar-refractivity contribution >= 4 is 23.2 Å². The van der Waals surface area contributed by atoms with Gasteiger partial charge in [0.1, 0.15) is 5.60 Å². The first-order valence-electron chi connectivity index (χ1n) is 7.44. The van der Waals surface area contributed by atoms with Gasteiger partial charge in [0.25, 0.3) is 0 Å². The van der Waals surface area contributed by atoms with E-state index in [1.54, 1.807) is 6.92 Å². The molecule has 124 valence electrons. The number of thiophene rings is 1. The fourth-order valence-corrected chi connectivity index (χ4v) is 2.53. The molecule has 0 aromatic carbocycles. The molecule has 22 heavy (non-hydrogen) atoms. The lowest BCUT2D eigenvalue weighted by atomic mass is 9.96. The first-order chi connectivity index (χ1) is 10.1. The van der Waals surface area contributed by atoms with E-state index in [9.17, 15) is 14.7 Å². The Morgan fingerprint density at radius 3 is 2.45 bits per heavy atom. The van der Waals surface area contributed by atoms with Crippen LogP contribution in [0.5, 0.6) is 0 Å². The Labute approximate surface area is 136 Å². The highest BCUT2D eigenvalue weighted by Crippen LogP contribution is 2.24. The number of carbonyl (C=O) groups is 2. The first-order valence-corrected chi connectivity index (χ1v) is 8.32. The molecule has 1 atom stereocenters. The quantitative estimate of drug-likeness (QED) is 0.671. The van der Waals surface area contributed by atoms with Gasteiger partial charge in [0.2, 0.25) is 11.8 Å². The Kier molecular flexibility index (Phi) is 6.56. The summed E-state index contributed by atoms with van der Waals surface area (Å²) in [6, 6.07) is 3.72. The lowest BCUT2D eigenvalue weighted by Gasteiger charge is -2.22. The second-order valence-corrected chi connectivity index (χ2v) is 7.59. The van der Waals surface area contributed by atoms with E-state index < -0.39 is 11.0 Å². The van der Waals surface area contributed by atoms with E-state index in [0.29, 0.717) is 19.4 Å². The van der Waals surface area contributed by atoms with Gasteiger partial charge in [-0.3, -0.25) is 9.59 Å². The van der Waals surface area contributed by atoms with Crippen molar-refractivity contribution in [2.45, 2.75) is 46.1 Å². The Morgan fingerprint density at radius 2 is 1.91 bits per heavy atom. The number of aliphatic hydroxyl groups is 1. The maximum Gasteiger partial charge on any atom is 0.225 e. The zero-order valence-electron chi connectivity index (χ0n) is 13.7. The summed E-state index contributed by atoms with van der Waals surface area (Å²) in [6.07, 6.45) is 0.903. The fraction of sp³-hybridized carbons (Fsp3) is 0.625. The molecule has 1 aromatic heterocycles. The molecule has 1 aromatic rings. The minimum atomic E-state index is -1.05. The molecule has 0 aliphatic carbocycles. The molecule has 6 heteroatoms. The molecule has 0 bridgehead atoms. The van der Waals surface area contributed by atoms with Crippen LogP contribution in [-0.2, 0) is 15.2 Å². The standard InChI is InChI=1S/C16H26N2O3S/c1-15(2,3)14(20)17-9-5-8-13(19)18-11-16(4,21)12-7-6-10-22-12/h6-7,10,21H,5,8-9,11H2,1-4H3,(H,17,20)(H,18,19). The van der Waals surface area contributed by atoms with Crippen LogP contribution < -0.4 is 10.6 Å². The SMILES string of the molecule is CC(C)(C)C(=O)NCCCC(=O)NCC(C)(O)c1cccs1. The van der Waals surface area contributed by atoms with E-state index in [1.165, 1.54) is 11.3 Å². The average molecular weight is 326 g/mol. The molecule has 3 N–H and O–H groups in total. The Balaban J connectivity index is 2.23. The monoisotopic (exact) mass is 326 g/mol. The number of hydrogen-bond acceptors (Lipinski definition) is 4. The summed E-state index contributed by atoms with van der Waals surface area (Å²) in [5, 5.41) is 17.7. The molecule has 1 rings (SSSR count). The molecule has 0 fully saturated rings. The lowest BCUT2D eigenvalue weighted by molar-refractivity contribution is -0.128. The lowest BCUT2D eigenvalue weighted by Crippen LogP contribution is -2.38. The molecule has 0 radical (unpaired) electrons. The molecule has 0 aliphatic rings. The van der Waals surface area contributed by atoms with Crippen LogP contribution >= 0.6 is 11.3 Å². The molecule has 0 saturated heterocycles.